The zero-order valence-electron chi connectivity index (χ0n) is 7.84. The van der Waals surface area contributed by atoms with Crippen molar-refractivity contribution in [2.75, 3.05) is 0 Å². The second kappa shape index (κ2) is 4.55. The molecule has 0 radical (unpaired) electrons. The van der Waals surface area contributed by atoms with Crippen molar-refractivity contribution in [2.24, 2.45) is 0 Å². The number of aliphatic carboxylic acids is 1. The first-order chi connectivity index (χ1) is 7.24. The lowest BCUT2D eigenvalue weighted by molar-refractivity contribution is -0.136. The highest BCUT2D eigenvalue weighted by Gasteiger charge is 2.06. The Balaban J connectivity index is 2.04. The average molecular weight is 239 g/mol. The molecule has 0 aliphatic rings. The molecule has 0 spiro atoms. The molecule has 5 heteroatoms. The van der Waals surface area contributed by atoms with Gasteiger partial charge in [-0.25, -0.2) is 4.98 Å². The maximum atomic E-state index is 10.5. The summed E-state index contributed by atoms with van der Waals surface area (Å²) in [6, 6.07) is 4.06. The summed E-state index contributed by atoms with van der Waals surface area (Å²) in [5.74, 6) is -0.831. The van der Waals surface area contributed by atoms with Crippen molar-refractivity contribution in [3.05, 3.63) is 38.5 Å². The molecule has 0 aliphatic carbocycles. The molecule has 2 heterocycles. The minimum atomic E-state index is -0.831. The molecule has 2 aromatic heterocycles. The van der Waals surface area contributed by atoms with Crippen molar-refractivity contribution in [3.8, 4) is 0 Å². The van der Waals surface area contributed by atoms with E-state index in [-0.39, 0.29) is 6.42 Å². The van der Waals surface area contributed by atoms with Gasteiger partial charge in [0.1, 0.15) is 0 Å². The first-order valence-electron chi connectivity index (χ1n) is 4.41. The Hall–Kier alpha value is -1.20. The Bertz CT molecular complexity index is 448. The van der Waals surface area contributed by atoms with Crippen molar-refractivity contribution in [2.45, 2.75) is 12.8 Å². The number of carboxylic acid groups (broad SMARTS) is 1. The van der Waals surface area contributed by atoms with Gasteiger partial charge in [-0.15, -0.1) is 22.7 Å². The fourth-order valence-corrected chi connectivity index (χ4v) is 2.85. The molecule has 0 fully saturated rings. The van der Waals surface area contributed by atoms with Crippen molar-refractivity contribution in [1.82, 2.24) is 4.98 Å². The van der Waals surface area contributed by atoms with Crippen LogP contribution in [0.1, 0.15) is 15.6 Å². The molecule has 0 atom stereocenters. The van der Waals surface area contributed by atoms with Crippen molar-refractivity contribution in [3.63, 3.8) is 0 Å². The topological polar surface area (TPSA) is 50.2 Å². The van der Waals surface area contributed by atoms with Gasteiger partial charge in [0.15, 0.2) is 0 Å². The molecule has 3 nitrogen and oxygen atoms in total. The standard InChI is InChI=1S/C10H9NO2S2/c12-10(13)4-7-6-15-9(11-7)5-8-2-1-3-14-8/h1-3,6H,4-5H2,(H,12,13). The highest BCUT2D eigenvalue weighted by molar-refractivity contribution is 7.11. The molecule has 0 unspecified atom stereocenters. The lowest BCUT2D eigenvalue weighted by Crippen LogP contribution is -2.00. The van der Waals surface area contributed by atoms with Crippen LogP contribution in [0.2, 0.25) is 0 Å². The highest BCUT2D eigenvalue weighted by atomic mass is 32.1. The monoisotopic (exact) mass is 239 g/mol. The first-order valence-corrected chi connectivity index (χ1v) is 6.17. The van der Waals surface area contributed by atoms with Crippen LogP contribution in [0.3, 0.4) is 0 Å². The lowest BCUT2D eigenvalue weighted by atomic mass is 10.3. The molecule has 0 saturated carbocycles. The molecule has 1 N–H and O–H groups in total. The minimum absolute atomic E-state index is 0.0148. The van der Waals surface area contributed by atoms with Crippen LogP contribution in [-0.2, 0) is 17.6 Å². The SMILES string of the molecule is O=C(O)Cc1csc(Cc2cccs2)n1. The third-order valence-electron chi connectivity index (χ3n) is 1.84. The molecular formula is C10H9NO2S2. The predicted molar refractivity (Wildman–Crippen MR) is 60.6 cm³/mol. The Labute approximate surface area is 95.0 Å². The largest absolute Gasteiger partial charge is 0.481 e. The molecule has 0 bridgehead atoms. The number of nitrogens with zero attached hydrogens (tertiary/aromatic N) is 1. The van der Waals surface area contributed by atoms with Gasteiger partial charge in [-0.3, -0.25) is 4.79 Å². The van der Waals surface area contributed by atoms with Gasteiger partial charge < -0.3 is 5.11 Å². The fourth-order valence-electron chi connectivity index (χ4n) is 1.23. The lowest BCUT2D eigenvalue weighted by Gasteiger charge is -1.91. The van der Waals surface area contributed by atoms with Gasteiger partial charge in [-0.05, 0) is 11.4 Å². The van der Waals surface area contributed by atoms with Gasteiger partial charge in [-0.1, -0.05) is 6.07 Å². The fraction of sp³-hybridized carbons (Fsp3) is 0.200. The van der Waals surface area contributed by atoms with Crippen LogP contribution in [0.15, 0.2) is 22.9 Å². The third kappa shape index (κ3) is 2.87. The number of carboxylic acids is 1. The summed E-state index contributed by atoms with van der Waals surface area (Å²) in [7, 11) is 0. The number of thiazole rings is 1. The second-order valence-corrected chi connectivity index (χ2v) is 5.03. The van der Waals surface area contributed by atoms with Crippen molar-refractivity contribution < 1.29 is 9.90 Å². The normalized spacial score (nSPS) is 10.4. The maximum Gasteiger partial charge on any atom is 0.309 e. The summed E-state index contributed by atoms with van der Waals surface area (Å²) < 4.78 is 0. The molecule has 2 rings (SSSR count). The smallest absolute Gasteiger partial charge is 0.309 e. The quantitative estimate of drug-likeness (QED) is 0.891. The van der Waals surface area contributed by atoms with Gasteiger partial charge >= 0.3 is 5.97 Å². The Kier molecular flexibility index (Phi) is 3.13. The first kappa shape index (κ1) is 10.3. The van der Waals surface area contributed by atoms with E-state index in [9.17, 15) is 4.79 Å². The zero-order chi connectivity index (χ0) is 10.7. The van der Waals surface area contributed by atoms with Crippen molar-refractivity contribution in [1.29, 1.82) is 0 Å². The van der Waals surface area contributed by atoms with Gasteiger partial charge in [0.2, 0.25) is 0 Å². The summed E-state index contributed by atoms with van der Waals surface area (Å²) in [5.41, 5.74) is 0.652. The van der Waals surface area contributed by atoms with E-state index < -0.39 is 5.97 Å². The van der Waals surface area contributed by atoms with Gasteiger partial charge in [-0.2, -0.15) is 0 Å². The number of hydrogen-bond acceptors (Lipinski definition) is 4. The summed E-state index contributed by atoms with van der Waals surface area (Å²) in [4.78, 5) is 16.0. The Morgan fingerprint density at radius 1 is 1.47 bits per heavy atom. The summed E-state index contributed by atoms with van der Waals surface area (Å²) in [5, 5.41) is 13.4. The molecule has 78 valence electrons. The van der Waals surface area contributed by atoms with Crippen LogP contribution in [0, 0.1) is 0 Å². The number of hydrogen-bond donors (Lipinski definition) is 1. The van der Waals surface area contributed by atoms with Crippen LogP contribution in [0.4, 0.5) is 0 Å². The minimum Gasteiger partial charge on any atom is -0.481 e. The van der Waals surface area contributed by atoms with Gasteiger partial charge in [0, 0.05) is 16.7 Å². The Morgan fingerprint density at radius 3 is 3.00 bits per heavy atom. The molecule has 15 heavy (non-hydrogen) atoms. The zero-order valence-corrected chi connectivity index (χ0v) is 9.48. The molecule has 0 aromatic carbocycles. The van der Waals surface area contributed by atoms with Gasteiger partial charge in [0.05, 0.1) is 17.1 Å². The number of carbonyl (C=O) groups is 1. The third-order valence-corrected chi connectivity index (χ3v) is 3.61. The average Bonchev–Trinajstić information content (AvgIpc) is 2.77. The van der Waals surface area contributed by atoms with E-state index in [1.165, 1.54) is 16.2 Å². The molecule has 0 saturated heterocycles. The van der Waals surface area contributed by atoms with E-state index in [1.54, 1.807) is 11.3 Å². The molecule has 0 amide bonds. The van der Waals surface area contributed by atoms with Crippen LogP contribution in [0.5, 0.6) is 0 Å². The summed E-state index contributed by atoms with van der Waals surface area (Å²) in [6.07, 6.45) is 0.822. The van der Waals surface area contributed by atoms with Crippen LogP contribution in [-0.4, -0.2) is 16.1 Å². The van der Waals surface area contributed by atoms with Crippen molar-refractivity contribution >= 4 is 28.6 Å². The summed E-state index contributed by atoms with van der Waals surface area (Å²) >= 11 is 3.21. The van der Waals surface area contributed by atoms with E-state index >= 15 is 0 Å². The summed E-state index contributed by atoms with van der Waals surface area (Å²) in [6.45, 7) is 0. The number of aromatic nitrogens is 1. The molecule has 0 aliphatic heterocycles. The van der Waals surface area contributed by atoms with E-state index in [4.69, 9.17) is 5.11 Å². The van der Waals surface area contributed by atoms with E-state index in [0.29, 0.717) is 5.69 Å². The van der Waals surface area contributed by atoms with E-state index in [2.05, 4.69) is 11.1 Å². The predicted octanol–water partition coefficient (Wildman–Crippen LogP) is 2.42. The van der Waals surface area contributed by atoms with Crippen LogP contribution >= 0.6 is 22.7 Å². The highest BCUT2D eigenvalue weighted by Crippen LogP contribution is 2.18. The van der Waals surface area contributed by atoms with Crippen LogP contribution in [0.25, 0.3) is 0 Å². The second-order valence-electron chi connectivity index (χ2n) is 3.06. The number of rotatable bonds is 4. The van der Waals surface area contributed by atoms with Gasteiger partial charge in [0.25, 0.3) is 0 Å². The molecular weight excluding hydrogens is 230 g/mol. The van der Waals surface area contributed by atoms with Crippen LogP contribution < -0.4 is 0 Å². The van der Waals surface area contributed by atoms with E-state index in [0.717, 1.165) is 11.4 Å². The molecule has 2 aromatic rings. The maximum absolute atomic E-state index is 10.5. The van der Waals surface area contributed by atoms with E-state index in [1.807, 2.05) is 16.8 Å². The Morgan fingerprint density at radius 2 is 2.33 bits per heavy atom. The number of thiophene rings is 1.